The van der Waals surface area contributed by atoms with Crippen molar-refractivity contribution >= 4 is 7.32 Å². The maximum atomic E-state index is 10.1. The van der Waals surface area contributed by atoms with E-state index in [1.807, 2.05) is 0 Å². The Balaban J connectivity index is 1.73. The lowest BCUT2D eigenvalue weighted by Gasteiger charge is -2.33. The zero-order valence-corrected chi connectivity index (χ0v) is 10.4. The molecule has 0 radical (unpaired) electrons. The van der Waals surface area contributed by atoms with Crippen LogP contribution in [0.3, 0.4) is 0 Å². The topological polar surface area (TPSA) is 58.9 Å². The first kappa shape index (κ1) is 13.3. The van der Waals surface area contributed by atoms with E-state index in [1.54, 1.807) is 0 Å². The minimum absolute atomic E-state index is 0.0888. The Bertz CT molecular complexity index is 225. The van der Waals surface area contributed by atoms with Crippen LogP contribution in [-0.4, -0.2) is 29.3 Å². The van der Waals surface area contributed by atoms with E-state index in [4.69, 9.17) is 9.31 Å². The lowest BCUT2D eigenvalue weighted by atomic mass is 9.92. The minimum atomic E-state index is -1.28. The van der Waals surface area contributed by atoms with Gasteiger partial charge in [0.05, 0.1) is 0 Å². The summed E-state index contributed by atoms with van der Waals surface area (Å²) in [4.78, 5) is 0. The molecule has 2 aliphatic rings. The van der Waals surface area contributed by atoms with Gasteiger partial charge in [-0.3, -0.25) is 0 Å². The van der Waals surface area contributed by atoms with Crippen molar-refractivity contribution in [2.75, 3.05) is 0 Å². The van der Waals surface area contributed by atoms with E-state index < -0.39 is 13.1 Å². The Labute approximate surface area is 103 Å². The van der Waals surface area contributed by atoms with Crippen LogP contribution in [0.25, 0.3) is 0 Å². The molecule has 2 saturated carbocycles. The molecule has 0 aliphatic heterocycles. The van der Waals surface area contributed by atoms with Crippen LogP contribution in [0.15, 0.2) is 0 Å². The predicted octanol–water partition coefficient (Wildman–Crippen LogP) is 1.98. The highest BCUT2D eigenvalue weighted by Crippen LogP contribution is 2.30. The molecule has 0 heterocycles. The van der Waals surface area contributed by atoms with Crippen LogP contribution in [0.5, 0.6) is 0 Å². The summed E-state index contributed by atoms with van der Waals surface area (Å²) in [5.74, 6) is -1.17. The van der Waals surface area contributed by atoms with Crippen LogP contribution in [0.1, 0.15) is 64.2 Å². The van der Waals surface area contributed by atoms with Crippen LogP contribution in [-0.2, 0) is 9.31 Å². The van der Waals surface area contributed by atoms with Crippen molar-refractivity contribution in [3.05, 3.63) is 0 Å². The molecule has 17 heavy (non-hydrogen) atoms. The van der Waals surface area contributed by atoms with Crippen molar-refractivity contribution in [2.24, 2.45) is 0 Å². The fourth-order valence-corrected chi connectivity index (χ4v) is 2.80. The molecule has 0 bridgehead atoms. The van der Waals surface area contributed by atoms with Gasteiger partial charge in [-0.25, -0.2) is 0 Å². The normalized spacial score (nSPS) is 25.8. The fraction of sp³-hybridized carbons (Fsp3) is 1.00. The highest BCUT2D eigenvalue weighted by atomic mass is 16.7. The average molecular weight is 242 g/mol. The quantitative estimate of drug-likeness (QED) is 0.584. The predicted molar refractivity (Wildman–Crippen MR) is 65.1 cm³/mol. The molecule has 0 aromatic carbocycles. The second kappa shape index (κ2) is 6.18. The maximum absolute atomic E-state index is 10.1. The first-order chi connectivity index (χ1) is 8.18. The van der Waals surface area contributed by atoms with Gasteiger partial charge in [-0.1, -0.05) is 25.7 Å². The van der Waals surface area contributed by atoms with Crippen molar-refractivity contribution in [1.29, 1.82) is 0 Å². The first-order valence-electron chi connectivity index (χ1n) is 6.92. The lowest BCUT2D eigenvalue weighted by Crippen LogP contribution is -2.43. The second-order valence-electron chi connectivity index (χ2n) is 5.33. The molecule has 98 valence electrons. The summed E-state index contributed by atoms with van der Waals surface area (Å²) in [6.07, 6.45) is 9.84. The van der Waals surface area contributed by atoms with Crippen LogP contribution >= 0.6 is 0 Å². The third kappa shape index (κ3) is 4.25. The maximum Gasteiger partial charge on any atom is 0.638 e. The van der Waals surface area contributed by atoms with Gasteiger partial charge in [0.1, 0.15) is 0 Å². The van der Waals surface area contributed by atoms with E-state index in [-0.39, 0.29) is 6.10 Å². The zero-order valence-electron chi connectivity index (χ0n) is 10.4. The van der Waals surface area contributed by atoms with Crippen LogP contribution < -0.4 is 0 Å². The molecule has 0 unspecified atom stereocenters. The van der Waals surface area contributed by atoms with E-state index >= 15 is 0 Å². The van der Waals surface area contributed by atoms with E-state index in [1.165, 1.54) is 6.42 Å². The molecule has 2 fully saturated rings. The molecule has 0 amide bonds. The van der Waals surface area contributed by atoms with Crippen LogP contribution in [0.4, 0.5) is 0 Å². The summed E-state index contributed by atoms with van der Waals surface area (Å²) in [6, 6.07) is 0. The van der Waals surface area contributed by atoms with Crippen molar-refractivity contribution in [1.82, 2.24) is 0 Å². The largest absolute Gasteiger partial charge is 0.638 e. The summed E-state index contributed by atoms with van der Waals surface area (Å²) in [5.41, 5.74) is 0. The number of rotatable bonds is 4. The van der Waals surface area contributed by atoms with E-state index in [2.05, 4.69) is 0 Å². The highest BCUT2D eigenvalue weighted by Gasteiger charge is 2.36. The van der Waals surface area contributed by atoms with Crippen molar-refractivity contribution in [3.63, 3.8) is 0 Å². The first-order valence-corrected chi connectivity index (χ1v) is 6.92. The summed E-state index contributed by atoms with van der Waals surface area (Å²) in [7, 11) is -1.28. The van der Waals surface area contributed by atoms with Crippen molar-refractivity contribution in [3.8, 4) is 0 Å². The van der Waals surface area contributed by atoms with Gasteiger partial charge >= 0.3 is 7.32 Å². The van der Waals surface area contributed by atoms with Crippen LogP contribution in [0.2, 0.25) is 0 Å². The lowest BCUT2D eigenvalue weighted by molar-refractivity contribution is -0.183. The Morgan fingerprint density at radius 1 is 0.941 bits per heavy atom. The molecule has 2 rings (SSSR count). The Kier molecular flexibility index (Phi) is 4.85. The van der Waals surface area contributed by atoms with Gasteiger partial charge < -0.3 is 19.4 Å². The number of hydrogen-bond acceptors (Lipinski definition) is 4. The standard InChI is InChI=1S/C12H23BO4/c14-12(9-5-2-6-10-12)17-13(15)16-11-7-3-1-4-8-11/h11,14-15H,1-10H2. The van der Waals surface area contributed by atoms with Gasteiger partial charge in [-0.2, -0.15) is 0 Å². The third-order valence-electron chi connectivity index (χ3n) is 3.82. The Hall–Kier alpha value is -0.0951. The molecular formula is C12H23BO4. The molecule has 0 aromatic heterocycles. The van der Waals surface area contributed by atoms with Gasteiger partial charge in [-0.15, -0.1) is 0 Å². The average Bonchev–Trinajstić information content (AvgIpc) is 2.30. The highest BCUT2D eigenvalue weighted by molar-refractivity contribution is 6.34. The Morgan fingerprint density at radius 3 is 2.18 bits per heavy atom. The van der Waals surface area contributed by atoms with Gasteiger partial charge in [0.25, 0.3) is 0 Å². The SMILES string of the molecule is OB(OC1CCCCC1)OC1(O)CCCCC1. The Morgan fingerprint density at radius 2 is 1.53 bits per heavy atom. The zero-order chi connectivity index (χ0) is 12.1. The molecule has 4 nitrogen and oxygen atoms in total. The van der Waals surface area contributed by atoms with Crippen molar-refractivity contribution in [2.45, 2.75) is 76.1 Å². The minimum Gasteiger partial charge on any atom is -0.402 e. The summed E-state index contributed by atoms with van der Waals surface area (Å²) < 4.78 is 10.7. The molecule has 0 atom stereocenters. The smallest absolute Gasteiger partial charge is 0.402 e. The van der Waals surface area contributed by atoms with E-state index in [9.17, 15) is 10.1 Å². The summed E-state index contributed by atoms with van der Waals surface area (Å²) in [5, 5.41) is 19.8. The van der Waals surface area contributed by atoms with Gasteiger partial charge in [-0.05, 0) is 38.5 Å². The van der Waals surface area contributed by atoms with E-state index in [0.717, 1.165) is 44.9 Å². The molecule has 5 heteroatoms. The van der Waals surface area contributed by atoms with Gasteiger partial charge in [0, 0.05) is 6.10 Å². The number of hydrogen-bond donors (Lipinski definition) is 2. The molecule has 2 N–H and O–H groups in total. The van der Waals surface area contributed by atoms with Gasteiger partial charge in [0.2, 0.25) is 0 Å². The van der Waals surface area contributed by atoms with E-state index in [0.29, 0.717) is 12.8 Å². The molecule has 0 aromatic rings. The summed E-state index contributed by atoms with van der Waals surface area (Å²) in [6.45, 7) is 0. The monoisotopic (exact) mass is 242 g/mol. The number of aliphatic hydroxyl groups is 1. The molecule has 2 aliphatic carbocycles. The van der Waals surface area contributed by atoms with Gasteiger partial charge in [0.15, 0.2) is 5.79 Å². The van der Waals surface area contributed by atoms with Crippen molar-refractivity contribution < 1.29 is 19.4 Å². The second-order valence-corrected chi connectivity index (χ2v) is 5.33. The molecule has 0 spiro atoms. The molecule has 0 saturated heterocycles. The molecular weight excluding hydrogens is 219 g/mol. The summed E-state index contributed by atoms with van der Waals surface area (Å²) >= 11 is 0. The third-order valence-corrected chi connectivity index (χ3v) is 3.82. The van der Waals surface area contributed by atoms with Crippen LogP contribution in [0, 0.1) is 0 Å². The fourth-order valence-electron chi connectivity index (χ4n) is 2.80.